The van der Waals surface area contributed by atoms with Crippen molar-refractivity contribution in [1.82, 2.24) is 10.6 Å². The fourth-order valence-electron chi connectivity index (χ4n) is 3.65. The fraction of sp³-hybridized carbons (Fsp3) is 1.00. The number of nitrogens with one attached hydrogen (secondary N) is 2. The van der Waals surface area contributed by atoms with Crippen LogP contribution in [0.2, 0.25) is 0 Å². The standard InChI is InChI=1S/C12H22N2/c1-2-6-11(5-1)9-14-12(10-13-11)7-3-4-8-12/h13-14H,1-10H2. The van der Waals surface area contributed by atoms with E-state index in [1.807, 2.05) is 0 Å². The summed E-state index contributed by atoms with van der Waals surface area (Å²) in [5.41, 5.74) is 0.988. The van der Waals surface area contributed by atoms with Gasteiger partial charge in [0, 0.05) is 24.2 Å². The van der Waals surface area contributed by atoms with Gasteiger partial charge in [-0.25, -0.2) is 0 Å². The minimum Gasteiger partial charge on any atom is -0.308 e. The van der Waals surface area contributed by atoms with Gasteiger partial charge in [0.1, 0.15) is 0 Å². The van der Waals surface area contributed by atoms with Crippen molar-refractivity contribution in [1.29, 1.82) is 0 Å². The first kappa shape index (κ1) is 9.17. The molecule has 80 valence electrons. The van der Waals surface area contributed by atoms with Crippen molar-refractivity contribution in [2.75, 3.05) is 13.1 Å². The van der Waals surface area contributed by atoms with E-state index < -0.39 is 0 Å². The molecule has 0 radical (unpaired) electrons. The molecule has 0 aromatic heterocycles. The van der Waals surface area contributed by atoms with Crippen LogP contribution in [0.5, 0.6) is 0 Å². The summed E-state index contributed by atoms with van der Waals surface area (Å²) in [6.07, 6.45) is 11.3. The molecule has 14 heavy (non-hydrogen) atoms. The second-order valence-electron chi connectivity index (χ2n) is 5.68. The molecule has 3 aliphatic rings. The molecule has 2 heteroatoms. The maximum Gasteiger partial charge on any atom is 0.0307 e. The second kappa shape index (κ2) is 3.21. The van der Waals surface area contributed by atoms with E-state index in [1.54, 1.807) is 0 Å². The number of hydrogen-bond acceptors (Lipinski definition) is 2. The zero-order chi connectivity index (χ0) is 9.49. The molecule has 3 fully saturated rings. The van der Waals surface area contributed by atoms with E-state index in [1.165, 1.54) is 64.5 Å². The van der Waals surface area contributed by atoms with Gasteiger partial charge in [0.25, 0.3) is 0 Å². The first-order chi connectivity index (χ1) is 6.83. The zero-order valence-electron chi connectivity index (χ0n) is 9.07. The molecule has 0 atom stereocenters. The van der Waals surface area contributed by atoms with Crippen LogP contribution in [-0.2, 0) is 0 Å². The van der Waals surface area contributed by atoms with Gasteiger partial charge < -0.3 is 10.6 Å². The summed E-state index contributed by atoms with van der Waals surface area (Å²) in [5.74, 6) is 0. The van der Waals surface area contributed by atoms with Crippen LogP contribution in [0.4, 0.5) is 0 Å². The Morgan fingerprint density at radius 2 is 0.929 bits per heavy atom. The maximum absolute atomic E-state index is 3.86. The molecule has 0 amide bonds. The van der Waals surface area contributed by atoms with Gasteiger partial charge in [0.05, 0.1) is 0 Å². The third kappa shape index (κ3) is 1.40. The van der Waals surface area contributed by atoms with Crippen LogP contribution in [0.15, 0.2) is 0 Å². The lowest BCUT2D eigenvalue weighted by Gasteiger charge is -2.45. The number of piperazine rings is 1. The van der Waals surface area contributed by atoms with Crippen molar-refractivity contribution in [3.8, 4) is 0 Å². The minimum atomic E-state index is 0.494. The van der Waals surface area contributed by atoms with E-state index in [2.05, 4.69) is 10.6 Å². The Balaban J connectivity index is 1.66. The van der Waals surface area contributed by atoms with Crippen LogP contribution >= 0.6 is 0 Å². The molecule has 0 aromatic rings. The minimum absolute atomic E-state index is 0.494. The van der Waals surface area contributed by atoms with E-state index in [4.69, 9.17) is 0 Å². The third-order valence-corrected chi connectivity index (χ3v) is 4.72. The van der Waals surface area contributed by atoms with E-state index in [9.17, 15) is 0 Å². The highest BCUT2D eigenvalue weighted by Gasteiger charge is 2.44. The van der Waals surface area contributed by atoms with Crippen LogP contribution in [0.25, 0.3) is 0 Å². The topological polar surface area (TPSA) is 24.1 Å². The zero-order valence-corrected chi connectivity index (χ0v) is 9.07. The quantitative estimate of drug-likeness (QED) is 0.614. The molecule has 2 aliphatic carbocycles. The summed E-state index contributed by atoms with van der Waals surface area (Å²) < 4.78 is 0. The van der Waals surface area contributed by atoms with Crippen LogP contribution in [0.3, 0.4) is 0 Å². The van der Waals surface area contributed by atoms with Crippen molar-refractivity contribution in [3.05, 3.63) is 0 Å². The maximum atomic E-state index is 3.86. The summed E-state index contributed by atoms with van der Waals surface area (Å²) >= 11 is 0. The first-order valence-corrected chi connectivity index (χ1v) is 6.33. The van der Waals surface area contributed by atoms with Crippen LogP contribution in [0.1, 0.15) is 51.4 Å². The lowest BCUT2D eigenvalue weighted by atomic mass is 9.87. The lowest BCUT2D eigenvalue weighted by Crippen LogP contribution is -2.67. The molecular formula is C12H22N2. The van der Waals surface area contributed by atoms with Crippen molar-refractivity contribution in [2.45, 2.75) is 62.4 Å². The molecule has 1 saturated heterocycles. The summed E-state index contributed by atoms with van der Waals surface area (Å²) in [6, 6.07) is 0. The van der Waals surface area contributed by atoms with Gasteiger partial charge in [-0.3, -0.25) is 0 Å². The predicted molar refractivity (Wildman–Crippen MR) is 58.4 cm³/mol. The molecule has 3 rings (SSSR count). The van der Waals surface area contributed by atoms with Gasteiger partial charge in [-0.2, -0.15) is 0 Å². The summed E-state index contributed by atoms with van der Waals surface area (Å²) in [5, 5.41) is 7.73. The van der Waals surface area contributed by atoms with Crippen LogP contribution in [0, 0.1) is 0 Å². The Bertz CT molecular complexity index is 176. The van der Waals surface area contributed by atoms with Crippen molar-refractivity contribution in [3.63, 3.8) is 0 Å². The van der Waals surface area contributed by atoms with Crippen molar-refractivity contribution < 1.29 is 0 Å². The third-order valence-electron chi connectivity index (χ3n) is 4.72. The van der Waals surface area contributed by atoms with E-state index in [0.29, 0.717) is 11.1 Å². The molecule has 2 N–H and O–H groups in total. The molecule has 1 heterocycles. The fourth-order valence-corrected chi connectivity index (χ4v) is 3.65. The van der Waals surface area contributed by atoms with Gasteiger partial charge in [-0.05, 0) is 25.7 Å². The average Bonchev–Trinajstić information content (AvgIpc) is 2.81. The summed E-state index contributed by atoms with van der Waals surface area (Å²) in [6.45, 7) is 2.46. The second-order valence-corrected chi connectivity index (χ2v) is 5.68. The Labute approximate surface area is 86.8 Å². The van der Waals surface area contributed by atoms with Crippen LogP contribution < -0.4 is 10.6 Å². The van der Waals surface area contributed by atoms with Crippen LogP contribution in [-0.4, -0.2) is 24.2 Å². The van der Waals surface area contributed by atoms with E-state index in [-0.39, 0.29) is 0 Å². The highest BCUT2D eigenvalue weighted by Crippen LogP contribution is 2.36. The van der Waals surface area contributed by atoms with Gasteiger partial charge in [0.15, 0.2) is 0 Å². The average molecular weight is 194 g/mol. The molecule has 2 nitrogen and oxygen atoms in total. The van der Waals surface area contributed by atoms with Gasteiger partial charge in [-0.1, -0.05) is 25.7 Å². The van der Waals surface area contributed by atoms with Crippen molar-refractivity contribution in [2.24, 2.45) is 0 Å². The van der Waals surface area contributed by atoms with E-state index >= 15 is 0 Å². The molecule has 2 spiro atoms. The van der Waals surface area contributed by atoms with Crippen molar-refractivity contribution >= 4 is 0 Å². The molecule has 1 aliphatic heterocycles. The van der Waals surface area contributed by atoms with Gasteiger partial charge >= 0.3 is 0 Å². The lowest BCUT2D eigenvalue weighted by molar-refractivity contribution is 0.171. The number of rotatable bonds is 0. The first-order valence-electron chi connectivity index (χ1n) is 6.33. The molecular weight excluding hydrogens is 172 g/mol. The Morgan fingerprint density at radius 1 is 0.571 bits per heavy atom. The highest BCUT2D eigenvalue weighted by molar-refractivity contribution is 5.06. The smallest absolute Gasteiger partial charge is 0.0307 e. The Hall–Kier alpha value is -0.0800. The SMILES string of the molecule is C1CCC2(C1)CNC1(CCCC1)CN2. The molecule has 2 saturated carbocycles. The molecule has 0 aromatic carbocycles. The number of hydrogen-bond donors (Lipinski definition) is 2. The monoisotopic (exact) mass is 194 g/mol. The highest BCUT2D eigenvalue weighted by atomic mass is 15.2. The summed E-state index contributed by atoms with van der Waals surface area (Å²) in [4.78, 5) is 0. The largest absolute Gasteiger partial charge is 0.308 e. The normalized spacial score (nSPS) is 34.3. The van der Waals surface area contributed by atoms with E-state index in [0.717, 1.165) is 0 Å². The van der Waals surface area contributed by atoms with Gasteiger partial charge in [0.2, 0.25) is 0 Å². The van der Waals surface area contributed by atoms with Gasteiger partial charge in [-0.15, -0.1) is 0 Å². The summed E-state index contributed by atoms with van der Waals surface area (Å²) in [7, 11) is 0. The Morgan fingerprint density at radius 3 is 1.21 bits per heavy atom. The Kier molecular flexibility index (Phi) is 2.10. The molecule has 0 bridgehead atoms. The molecule has 0 unspecified atom stereocenters. The predicted octanol–water partition coefficient (Wildman–Crippen LogP) is 1.80.